The summed E-state index contributed by atoms with van der Waals surface area (Å²) in [6.45, 7) is 2.05. The van der Waals surface area contributed by atoms with Crippen LogP contribution in [0.5, 0.6) is 0 Å². The molecule has 0 bridgehead atoms. The van der Waals surface area contributed by atoms with Gasteiger partial charge >= 0.3 is 5.97 Å². The first-order valence-electron chi connectivity index (χ1n) is 5.03. The second-order valence-electron chi connectivity index (χ2n) is 3.73. The minimum absolute atomic E-state index is 0.405. The molecule has 0 aliphatic carbocycles. The molecule has 0 saturated carbocycles. The van der Waals surface area contributed by atoms with Gasteiger partial charge in [0, 0.05) is 11.3 Å². The third-order valence-corrected chi connectivity index (χ3v) is 3.44. The maximum atomic E-state index is 10.7. The van der Waals surface area contributed by atoms with E-state index in [1.807, 2.05) is 6.07 Å². The summed E-state index contributed by atoms with van der Waals surface area (Å²) in [5, 5.41) is 8.81. The maximum Gasteiger partial charge on any atom is 0.345 e. The van der Waals surface area contributed by atoms with Gasteiger partial charge in [0.25, 0.3) is 0 Å². The van der Waals surface area contributed by atoms with Crippen molar-refractivity contribution in [3.8, 4) is 0 Å². The second kappa shape index (κ2) is 4.49. The van der Waals surface area contributed by atoms with Crippen molar-refractivity contribution >= 4 is 17.3 Å². The Morgan fingerprint density at radius 1 is 1.19 bits per heavy atom. The van der Waals surface area contributed by atoms with Gasteiger partial charge in [0.1, 0.15) is 4.88 Å². The number of thiophene rings is 1. The molecule has 3 heteroatoms. The fourth-order valence-corrected chi connectivity index (χ4v) is 2.38. The molecule has 0 aliphatic heterocycles. The Labute approximate surface area is 98.2 Å². The molecule has 2 aromatic rings. The molecule has 2 nitrogen and oxygen atoms in total. The zero-order valence-corrected chi connectivity index (χ0v) is 9.75. The summed E-state index contributed by atoms with van der Waals surface area (Å²) < 4.78 is 0. The molecular formula is C13H12O2S. The topological polar surface area (TPSA) is 37.3 Å². The van der Waals surface area contributed by atoms with Crippen LogP contribution in [0.25, 0.3) is 0 Å². The van der Waals surface area contributed by atoms with E-state index in [-0.39, 0.29) is 0 Å². The van der Waals surface area contributed by atoms with Crippen molar-refractivity contribution in [1.82, 2.24) is 0 Å². The highest BCUT2D eigenvalue weighted by atomic mass is 32.1. The van der Waals surface area contributed by atoms with Crippen LogP contribution in [0.3, 0.4) is 0 Å². The van der Waals surface area contributed by atoms with E-state index in [0.29, 0.717) is 4.88 Å². The first kappa shape index (κ1) is 10.9. The van der Waals surface area contributed by atoms with E-state index in [0.717, 1.165) is 11.3 Å². The normalized spacial score (nSPS) is 10.3. The Kier molecular flexibility index (Phi) is 3.06. The van der Waals surface area contributed by atoms with Gasteiger partial charge in [-0.2, -0.15) is 0 Å². The highest BCUT2D eigenvalue weighted by molar-refractivity contribution is 7.13. The van der Waals surface area contributed by atoms with E-state index in [1.165, 1.54) is 22.5 Å². The molecule has 0 unspecified atom stereocenters. The Bertz CT molecular complexity index is 497. The van der Waals surface area contributed by atoms with Crippen LogP contribution in [0.1, 0.15) is 25.7 Å². The monoisotopic (exact) mass is 232 g/mol. The molecule has 1 aromatic heterocycles. The number of aromatic carboxylic acids is 1. The third-order valence-electron chi connectivity index (χ3n) is 2.37. The van der Waals surface area contributed by atoms with E-state index < -0.39 is 5.97 Å². The van der Waals surface area contributed by atoms with Crippen molar-refractivity contribution in [1.29, 1.82) is 0 Å². The van der Waals surface area contributed by atoms with Crippen molar-refractivity contribution in [2.45, 2.75) is 13.3 Å². The number of rotatable bonds is 3. The average molecular weight is 232 g/mol. The fourth-order valence-electron chi connectivity index (χ4n) is 1.49. The molecule has 0 fully saturated rings. The lowest BCUT2D eigenvalue weighted by molar-refractivity contribution is 0.0702. The standard InChI is InChI=1S/C13H12O2S/c1-9-2-4-10(5-3-9)8-11-6-7-12(16-11)13(14)15/h2-7H,8H2,1H3,(H,14,15). The van der Waals surface area contributed by atoms with Gasteiger partial charge in [0.05, 0.1) is 0 Å². The van der Waals surface area contributed by atoms with Crippen molar-refractivity contribution in [3.63, 3.8) is 0 Å². The Morgan fingerprint density at radius 3 is 2.44 bits per heavy atom. The van der Waals surface area contributed by atoms with Crippen LogP contribution in [-0.2, 0) is 6.42 Å². The molecule has 0 radical (unpaired) electrons. The molecule has 0 atom stereocenters. The smallest absolute Gasteiger partial charge is 0.345 e. The summed E-state index contributed by atoms with van der Waals surface area (Å²) in [5.74, 6) is -0.847. The van der Waals surface area contributed by atoms with E-state index in [9.17, 15) is 4.79 Å². The number of aryl methyl sites for hydroxylation is 1. The zero-order chi connectivity index (χ0) is 11.5. The van der Waals surface area contributed by atoms with Crippen LogP contribution in [0.15, 0.2) is 36.4 Å². The highest BCUT2D eigenvalue weighted by Gasteiger charge is 2.06. The molecular weight excluding hydrogens is 220 g/mol. The van der Waals surface area contributed by atoms with Crippen LogP contribution >= 0.6 is 11.3 Å². The van der Waals surface area contributed by atoms with Crippen molar-refractivity contribution in [2.24, 2.45) is 0 Å². The number of benzene rings is 1. The average Bonchev–Trinajstić information content (AvgIpc) is 2.70. The lowest BCUT2D eigenvalue weighted by Gasteiger charge is -1.99. The molecule has 16 heavy (non-hydrogen) atoms. The molecule has 1 aromatic carbocycles. The lowest BCUT2D eigenvalue weighted by Crippen LogP contribution is -1.89. The summed E-state index contributed by atoms with van der Waals surface area (Å²) in [6, 6.07) is 11.8. The molecule has 0 aliphatic rings. The van der Waals surface area contributed by atoms with Crippen LogP contribution in [-0.4, -0.2) is 11.1 Å². The van der Waals surface area contributed by atoms with Gasteiger partial charge in [0.2, 0.25) is 0 Å². The summed E-state index contributed by atoms with van der Waals surface area (Å²) in [7, 11) is 0. The second-order valence-corrected chi connectivity index (χ2v) is 4.90. The minimum atomic E-state index is -0.847. The number of hydrogen-bond donors (Lipinski definition) is 1. The van der Waals surface area contributed by atoms with Gasteiger partial charge in [-0.25, -0.2) is 4.79 Å². The van der Waals surface area contributed by atoms with Crippen LogP contribution in [0.4, 0.5) is 0 Å². The molecule has 2 rings (SSSR count). The van der Waals surface area contributed by atoms with Crippen molar-refractivity contribution in [3.05, 3.63) is 57.3 Å². The largest absolute Gasteiger partial charge is 0.477 e. The molecule has 1 heterocycles. The Morgan fingerprint density at radius 2 is 1.88 bits per heavy atom. The van der Waals surface area contributed by atoms with Gasteiger partial charge < -0.3 is 5.11 Å². The third kappa shape index (κ3) is 2.49. The van der Waals surface area contributed by atoms with Crippen molar-refractivity contribution < 1.29 is 9.90 Å². The Balaban J connectivity index is 2.14. The zero-order valence-electron chi connectivity index (χ0n) is 8.93. The van der Waals surface area contributed by atoms with Gasteiger partial charge in [-0.3, -0.25) is 0 Å². The Hall–Kier alpha value is -1.61. The van der Waals surface area contributed by atoms with E-state index in [2.05, 4.69) is 31.2 Å². The van der Waals surface area contributed by atoms with Crippen LogP contribution in [0.2, 0.25) is 0 Å². The van der Waals surface area contributed by atoms with E-state index >= 15 is 0 Å². The quantitative estimate of drug-likeness (QED) is 0.881. The highest BCUT2D eigenvalue weighted by Crippen LogP contribution is 2.20. The molecule has 0 saturated heterocycles. The van der Waals surface area contributed by atoms with Gasteiger partial charge in [0.15, 0.2) is 0 Å². The molecule has 1 N–H and O–H groups in total. The number of carboxylic acid groups (broad SMARTS) is 1. The van der Waals surface area contributed by atoms with Crippen molar-refractivity contribution in [2.75, 3.05) is 0 Å². The molecule has 0 spiro atoms. The van der Waals surface area contributed by atoms with Crippen LogP contribution < -0.4 is 0 Å². The molecule has 0 amide bonds. The lowest BCUT2D eigenvalue weighted by atomic mass is 10.1. The molecule has 82 valence electrons. The SMILES string of the molecule is Cc1ccc(Cc2ccc(C(=O)O)s2)cc1. The maximum absolute atomic E-state index is 10.7. The van der Waals surface area contributed by atoms with Gasteiger partial charge in [-0.15, -0.1) is 11.3 Å². The predicted molar refractivity (Wildman–Crippen MR) is 65.3 cm³/mol. The summed E-state index contributed by atoms with van der Waals surface area (Å²) in [5.41, 5.74) is 2.45. The van der Waals surface area contributed by atoms with E-state index in [4.69, 9.17) is 5.11 Å². The number of hydrogen-bond acceptors (Lipinski definition) is 2. The minimum Gasteiger partial charge on any atom is -0.477 e. The summed E-state index contributed by atoms with van der Waals surface area (Å²) in [6.07, 6.45) is 0.804. The van der Waals surface area contributed by atoms with E-state index in [1.54, 1.807) is 6.07 Å². The first-order chi connectivity index (χ1) is 7.65. The fraction of sp³-hybridized carbons (Fsp3) is 0.154. The summed E-state index contributed by atoms with van der Waals surface area (Å²) >= 11 is 1.34. The van der Waals surface area contributed by atoms with Gasteiger partial charge in [-0.1, -0.05) is 29.8 Å². The van der Waals surface area contributed by atoms with Gasteiger partial charge in [-0.05, 0) is 24.6 Å². The predicted octanol–water partition coefficient (Wildman–Crippen LogP) is 3.35. The first-order valence-corrected chi connectivity index (χ1v) is 5.84. The number of carbonyl (C=O) groups is 1. The summed E-state index contributed by atoms with van der Waals surface area (Å²) in [4.78, 5) is 12.2. The van der Waals surface area contributed by atoms with Crippen LogP contribution in [0, 0.1) is 6.92 Å². The number of carboxylic acids is 1.